The number of nitrogens with zero attached hydrogens (tertiary/aromatic N) is 4. The van der Waals surface area contributed by atoms with Crippen molar-refractivity contribution in [2.45, 2.75) is 19.8 Å². The first kappa shape index (κ1) is 31.8. The van der Waals surface area contributed by atoms with E-state index in [2.05, 4.69) is 32.0 Å². The van der Waals surface area contributed by atoms with Gasteiger partial charge in [-0.1, -0.05) is 12.2 Å². The fourth-order valence-electron chi connectivity index (χ4n) is 3.51. The number of aliphatic hydroxyl groups excluding tert-OH is 1. The molecule has 12 heteroatoms. The summed E-state index contributed by atoms with van der Waals surface area (Å²) in [6, 6.07) is 8.42. The molecule has 0 saturated heterocycles. The molecule has 0 atom stereocenters. The predicted octanol–water partition coefficient (Wildman–Crippen LogP) is 4.48. The molecule has 0 saturated carbocycles. The Morgan fingerprint density at radius 2 is 1.90 bits per heavy atom. The number of benzene rings is 1. The Morgan fingerprint density at radius 3 is 2.55 bits per heavy atom. The summed E-state index contributed by atoms with van der Waals surface area (Å²) < 4.78 is 46.6. The number of nitrogens with two attached hydrogens (primary N) is 1. The van der Waals surface area contributed by atoms with Crippen LogP contribution in [-0.2, 0) is 4.79 Å². The van der Waals surface area contributed by atoms with Crippen molar-refractivity contribution in [3.8, 4) is 28.3 Å². The van der Waals surface area contributed by atoms with Crippen LogP contribution in [0.2, 0.25) is 0 Å². The van der Waals surface area contributed by atoms with Crippen LogP contribution >= 0.6 is 0 Å². The molecule has 3 rings (SSSR count). The fourth-order valence-corrected chi connectivity index (χ4v) is 3.51. The summed E-state index contributed by atoms with van der Waals surface area (Å²) in [4.78, 5) is 26.8. The van der Waals surface area contributed by atoms with Crippen molar-refractivity contribution in [3.63, 3.8) is 0 Å². The second-order valence-electron chi connectivity index (χ2n) is 8.02. The van der Waals surface area contributed by atoms with E-state index in [1.807, 2.05) is 6.08 Å². The van der Waals surface area contributed by atoms with Crippen molar-refractivity contribution in [2.75, 3.05) is 32.5 Å². The summed E-state index contributed by atoms with van der Waals surface area (Å²) in [5, 5.41) is 9.90. The Hall–Kier alpha value is -4.42. The smallest absolute Gasteiger partial charge is 0.280 e. The molecule has 0 spiro atoms. The molecule has 0 bridgehead atoms. The number of carbonyl (C=O) groups is 1. The molecule has 1 aromatic carbocycles. The number of hydrogen-bond donors (Lipinski definition) is 3. The lowest BCUT2D eigenvalue weighted by Crippen LogP contribution is -2.18. The van der Waals surface area contributed by atoms with Gasteiger partial charge in [0.1, 0.15) is 17.8 Å². The Labute approximate surface area is 230 Å². The molecule has 0 aliphatic rings. The minimum absolute atomic E-state index is 0.0917. The molecule has 9 nitrogen and oxygen atoms in total. The topological polar surface area (TPSA) is 136 Å². The average Bonchev–Trinajstić information content (AvgIpc) is 2.94. The van der Waals surface area contributed by atoms with E-state index in [1.165, 1.54) is 30.3 Å². The number of nitrogen functional groups attached to an aromatic ring is 1. The van der Waals surface area contributed by atoms with Gasteiger partial charge < -0.3 is 25.7 Å². The molecule has 2 heterocycles. The van der Waals surface area contributed by atoms with Crippen LogP contribution in [0.4, 0.5) is 19.1 Å². The molecule has 3 aromatic rings. The number of rotatable bonds is 13. The maximum atomic E-state index is 13.6. The van der Waals surface area contributed by atoms with Gasteiger partial charge in [0.2, 0.25) is 11.8 Å². The summed E-state index contributed by atoms with van der Waals surface area (Å²) in [5.74, 6) is -0.437. The van der Waals surface area contributed by atoms with Crippen molar-refractivity contribution < 1.29 is 27.8 Å². The average molecular weight is 557 g/mol. The lowest BCUT2D eigenvalue weighted by atomic mass is 9.99. The van der Waals surface area contributed by atoms with Crippen molar-refractivity contribution in [1.29, 1.82) is 0 Å². The molecule has 0 unspecified atom stereocenters. The number of halogens is 3. The number of aryl methyl sites for hydroxylation is 1. The molecule has 0 radical (unpaired) electrons. The van der Waals surface area contributed by atoms with Crippen LogP contribution in [0.3, 0.4) is 0 Å². The highest BCUT2D eigenvalue weighted by Gasteiger charge is 2.21. The molecule has 4 N–H and O–H groups in total. The summed E-state index contributed by atoms with van der Waals surface area (Å²) in [6.07, 6.45) is 3.79. The molecule has 0 amide bonds. The number of ether oxygens (including phenoxy) is 1. The fraction of sp³-hybridized carbons (Fsp3) is 0.250. The monoisotopic (exact) mass is 556 g/mol. The van der Waals surface area contributed by atoms with Crippen LogP contribution in [-0.4, -0.2) is 59.9 Å². The van der Waals surface area contributed by atoms with Crippen molar-refractivity contribution >= 4 is 19.0 Å². The Bertz CT molecular complexity index is 1330. The first-order valence-corrected chi connectivity index (χ1v) is 12.1. The van der Waals surface area contributed by atoms with Gasteiger partial charge in [0, 0.05) is 24.9 Å². The van der Waals surface area contributed by atoms with E-state index >= 15 is 0 Å². The highest BCUT2D eigenvalue weighted by Crippen LogP contribution is 2.39. The van der Waals surface area contributed by atoms with Crippen LogP contribution in [0.15, 0.2) is 65.3 Å². The molecular formula is C28H31F3N6O3. The molecule has 0 aliphatic heterocycles. The lowest BCUT2D eigenvalue weighted by molar-refractivity contribution is -0.107. The number of carbonyl (C=O) groups excluding carboxylic acids is 1. The first-order valence-electron chi connectivity index (χ1n) is 12.1. The van der Waals surface area contributed by atoms with E-state index in [0.29, 0.717) is 46.7 Å². The Balaban J connectivity index is 0.00000274. The number of hydrogen-bond acceptors (Lipinski definition) is 9. The molecule has 212 valence electrons. The van der Waals surface area contributed by atoms with Gasteiger partial charge in [-0.2, -0.15) is 4.98 Å². The van der Waals surface area contributed by atoms with E-state index < -0.39 is 17.9 Å². The largest absolute Gasteiger partial charge is 0.477 e. The number of allylic oxidation sites excluding steroid dienone is 2. The van der Waals surface area contributed by atoms with Gasteiger partial charge in [-0.3, -0.25) is 9.98 Å². The normalized spacial score (nSPS) is 11.3. The number of alkyl halides is 2. The molecular weight excluding hydrogens is 525 g/mol. The number of aldehydes is 1. The van der Waals surface area contributed by atoms with Gasteiger partial charge in [-0.15, -0.1) is 0 Å². The molecule has 0 fully saturated rings. The summed E-state index contributed by atoms with van der Waals surface area (Å²) in [7, 11) is 1.00. The van der Waals surface area contributed by atoms with Crippen LogP contribution in [0, 0.1) is 12.7 Å². The van der Waals surface area contributed by atoms with Gasteiger partial charge in [-0.05, 0) is 68.1 Å². The van der Waals surface area contributed by atoms with Crippen LogP contribution in [0.25, 0.3) is 22.4 Å². The third kappa shape index (κ3) is 9.40. The first-order chi connectivity index (χ1) is 19.3. The minimum Gasteiger partial charge on any atom is -0.477 e. The second kappa shape index (κ2) is 16.5. The molecule has 40 heavy (non-hydrogen) atoms. The third-order valence-corrected chi connectivity index (χ3v) is 5.18. The lowest BCUT2D eigenvalue weighted by Gasteiger charge is -2.16. The van der Waals surface area contributed by atoms with E-state index in [-0.39, 0.29) is 25.0 Å². The zero-order chi connectivity index (χ0) is 29.5. The standard InChI is InChI=1S/C27H27F3N6O2.CH4O/c1-17-14-19(15-22(34-17)25(29)30)23-24(18-7-9-20(28)10-8-18)35-27(31)36-26(23)38-13-5-3-4-6-21(32-2)16-33-11-12-37;1-2/h3-4,6-10,12,14-15,25,33H,2,5,11,13,16H2,1H3,(H2,31,35,36);2H,1H3/b4-3-,21-6-;. The van der Waals surface area contributed by atoms with Gasteiger partial charge in [0.25, 0.3) is 6.43 Å². The molecule has 2 aromatic heterocycles. The van der Waals surface area contributed by atoms with Gasteiger partial charge >= 0.3 is 0 Å². The number of aliphatic imine (C=N–C) groups is 1. The highest BCUT2D eigenvalue weighted by molar-refractivity contribution is 5.85. The maximum absolute atomic E-state index is 13.6. The Kier molecular flexibility index (Phi) is 13.1. The third-order valence-electron chi connectivity index (χ3n) is 5.18. The van der Waals surface area contributed by atoms with Crippen LogP contribution in [0.5, 0.6) is 5.88 Å². The van der Waals surface area contributed by atoms with E-state index in [4.69, 9.17) is 15.6 Å². The second-order valence-corrected chi connectivity index (χ2v) is 8.02. The number of nitrogens with one attached hydrogen (secondary N) is 1. The number of aliphatic hydroxyl groups is 1. The van der Waals surface area contributed by atoms with E-state index in [9.17, 15) is 18.0 Å². The maximum Gasteiger partial charge on any atom is 0.280 e. The van der Waals surface area contributed by atoms with Crippen molar-refractivity contribution in [1.82, 2.24) is 20.3 Å². The summed E-state index contributed by atoms with van der Waals surface area (Å²) in [5.41, 5.74) is 8.09. The van der Waals surface area contributed by atoms with E-state index in [0.717, 1.165) is 13.4 Å². The van der Waals surface area contributed by atoms with Crippen LogP contribution in [0.1, 0.15) is 24.2 Å². The quantitative estimate of drug-likeness (QED) is 0.121. The number of aromatic nitrogens is 3. The predicted molar refractivity (Wildman–Crippen MR) is 149 cm³/mol. The van der Waals surface area contributed by atoms with Gasteiger partial charge in [0.05, 0.1) is 30.1 Å². The zero-order valence-electron chi connectivity index (χ0n) is 22.2. The summed E-state index contributed by atoms with van der Waals surface area (Å²) >= 11 is 0. The minimum atomic E-state index is -2.79. The SMILES string of the molecule is C=N/C(=C\C=C/CCOc1nc(N)nc(-c2ccc(F)cc2)c1-c1cc(C)nc(C(F)F)c1)CNCC=O.CO. The number of anilines is 1. The van der Waals surface area contributed by atoms with Crippen molar-refractivity contribution in [2.24, 2.45) is 4.99 Å². The number of pyridine rings is 1. The summed E-state index contributed by atoms with van der Waals surface area (Å²) in [6.45, 7) is 5.89. The zero-order valence-corrected chi connectivity index (χ0v) is 22.2. The van der Waals surface area contributed by atoms with Crippen molar-refractivity contribution in [3.05, 3.63) is 77.5 Å². The molecule has 0 aliphatic carbocycles. The van der Waals surface area contributed by atoms with E-state index in [1.54, 1.807) is 25.1 Å². The van der Waals surface area contributed by atoms with Gasteiger partial charge in [0.15, 0.2) is 0 Å². The van der Waals surface area contributed by atoms with Crippen LogP contribution < -0.4 is 15.8 Å². The van der Waals surface area contributed by atoms with Gasteiger partial charge in [-0.25, -0.2) is 18.2 Å². The highest BCUT2D eigenvalue weighted by atomic mass is 19.3. The Morgan fingerprint density at radius 1 is 1.18 bits per heavy atom.